The number of halogens is 3. The monoisotopic (exact) mass is 581 g/mol. The quantitative estimate of drug-likeness (QED) is 0.581. The molecule has 0 spiro atoms. The number of nitrogens with zero attached hydrogens (tertiary/aromatic N) is 4. The van der Waals surface area contributed by atoms with E-state index in [1.807, 2.05) is 0 Å². The average molecular weight is 582 g/mol. The molecule has 41 heavy (non-hydrogen) atoms. The number of urea groups is 1. The molecule has 1 saturated carbocycles. The standard InChI is InChI=1S/C28H38F3N5O5/c1-39-24-16-41-7-3-23(24)33-21-11-20-15-36(26(38)34-5-8-40-9-6-34)17-27(20,12-21)25(37)35-4-2-22-18(14-35)10-19(13-32-22)28(29,30)31/h10,13,20-21,23-24,33H,2-9,11-12,14-17H2,1H3. The van der Waals surface area contributed by atoms with E-state index in [2.05, 4.69) is 10.3 Å². The lowest BCUT2D eigenvalue weighted by Crippen LogP contribution is -2.53. The molecule has 5 unspecified atom stereocenters. The molecule has 6 rings (SSSR count). The first-order chi connectivity index (χ1) is 19.7. The molecule has 5 atom stereocenters. The van der Waals surface area contributed by atoms with Gasteiger partial charge in [-0.1, -0.05) is 0 Å². The molecule has 226 valence electrons. The fraction of sp³-hybridized carbons (Fsp3) is 0.750. The zero-order valence-corrected chi connectivity index (χ0v) is 23.3. The van der Waals surface area contributed by atoms with Crippen LogP contribution in [0, 0.1) is 11.3 Å². The van der Waals surface area contributed by atoms with Gasteiger partial charge in [0.05, 0.1) is 36.9 Å². The van der Waals surface area contributed by atoms with Crippen LogP contribution in [0.25, 0.3) is 0 Å². The van der Waals surface area contributed by atoms with Crippen LogP contribution in [-0.4, -0.2) is 116 Å². The fourth-order valence-electron chi connectivity index (χ4n) is 7.44. The van der Waals surface area contributed by atoms with Gasteiger partial charge in [0.2, 0.25) is 5.91 Å². The van der Waals surface area contributed by atoms with Crippen molar-refractivity contribution >= 4 is 11.9 Å². The summed E-state index contributed by atoms with van der Waals surface area (Å²) in [6, 6.07) is 1.20. The lowest BCUT2D eigenvalue weighted by atomic mass is 9.78. The molecule has 1 aromatic rings. The molecular weight excluding hydrogens is 543 g/mol. The molecule has 0 bridgehead atoms. The van der Waals surface area contributed by atoms with E-state index in [9.17, 15) is 22.8 Å². The Labute approximate surface area is 237 Å². The number of nitrogens with one attached hydrogen (secondary N) is 1. The topological polar surface area (TPSA) is 96.5 Å². The van der Waals surface area contributed by atoms with E-state index in [1.165, 1.54) is 0 Å². The number of fused-ring (bicyclic) bond motifs is 2. The molecule has 1 aliphatic carbocycles. The third kappa shape index (κ3) is 5.53. The number of hydrogen-bond acceptors (Lipinski definition) is 7. The summed E-state index contributed by atoms with van der Waals surface area (Å²) in [5, 5.41) is 3.74. The molecule has 10 nitrogen and oxygen atoms in total. The smallest absolute Gasteiger partial charge is 0.379 e. The fourth-order valence-corrected chi connectivity index (χ4v) is 7.44. The van der Waals surface area contributed by atoms with Gasteiger partial charge in [0.15, 0.2) is 0 Å². The first kappa shape index (κ1) is 28.6. The summed E-state index contributed by atoms with van der Waals surface area (Å²) in [6.45, 7) is 4.43. The molecule has 13 heteroatoms. The highest BCUT2D eigenvalue weighted by atomic mass is 19.4. The number of pyridine rings is 1. The predicted molar refractivity (Wildman–Crippen MR) is 140 cm³/mol. The van der Waals surface area contributed by atoms with E-state index in [1.54, 1.807) is 21.8 Å². The number of alkyl halides is 3. The highest BCUT2D eigenvalue weighted by Crippen LogP contribution is 2.51. The molecule has 3 amide bonds. The van der Waals surface area contributed by atoms with Crippen molar-refractivity contribution in [2.75, 3.05) is 66.3 Å². The number of likely N-dealkylation sites (tertiary alicyclic amines) is 1. The molecule has 0 aromatic carbocycles. The van der Waals surface area contributed by atoms with E-state index in [-0.39, 0.29) is 42.6 Å². The number of hydrogen-bond donors (Lipinski definition) is 1. The molecule has 4 aliphatic heterocycles. The molecule has 3 saturated heterocycles. The summed E-state index contributed by atoms with van der Waals surface area (Å²) < 4.78 is 56.8. The van der Waals surface area contributed by atoms with Gasteiger partial charge >= 0.3 is 12.2 Å². The minimum Gasteiger partial charge on any atom is -0.379 e. The minimum absolute atomic E-state index is 0.0562. The maximum absolute atomic E-state index is 14.4. The maximum atomic E-state index is 14.4. The number of aromatic nitrogens is 1. The summed E-state index contributed by atoms with van der Waals surface area (Å²) in [5.41, 5.74) is -0.578. The van der Waals surface area contributed by atoms with Crippen LogP contribution in [0.3, 0.4) is 0 Å². The van der Waals surface area contributed by atoms with Crippen molar-refractivity contribution in [2.45, 2.75) is 56.6 Å². The van der Waals surface area contributed by atoms with Gasteiger partial charge in [0.25, 0.3) is 0 Å². The molecular formula is C28H38F3N5O5. The van der Waals surface area contributed by atoms with Crippen LogP contribution >= 0.6 is 0 Å². The number of methoxy groups -OCH3 is 1. The Kier molecular flexibility index (Phi) is 7.90. The van der Waals surface area contributed by atoms with Gasteiger partial charge in [0.1, 0.15) is 0 Å². The van der Waals surface area contributed by atoms with E-state index in [0.29, 0.717) is 83.3 Å². The van der Waals surface area contributed by atoms with Gasteiger partial charge in [-0.3, -0.25) is 9.78 Å². The lowest BCUT2D eigenvalue weighted by molar-refractivity contribution is -0.143. The number of carbonyl (C=O) groups excluding carboxylic acids is 2. The summed E-state index contributed by atoms with van der Waals surface area (Å²) in [5.74, 6) is -0.137. The maximum Gasteiger partial charge on any atom is 0.417 e. The number of ether oxygens (including phenoxy) is 3. The molecule has 5 heterocycles. The first-order valence-electron chi connectivity index (χ1n) is 14.5. The lowest BCUT2D eigenvalue weighted by Gasteiger charge is -2.38. The van der Waals surface area contributed by atoms with Gasteiger partial charge in [-0.2, -0.15) is 13.2 Å². The summed E-state index contributed by atoms with van der Waals surface area (Å²) in [7, 11) is 1.67. The highest BCUT2D eigenvalue weighted by molar-refractivity contribution is 5.86. The van der Waals surface area contributed by atoms with E-state index in [4.69, 9.17) is 14.2 Å². The Morgan fingerprint density at radius 3 is 2.68 bits per heavy atom. The van der Waals surface area contributed by atoms with Crippen molar-refractivity contribution in [3.63, 3.8) is 0 Å². The van der Waals surface area contributed by atoms with Gasteiger partial charge in [-0.25, -0.2) is 4.79 Å². The highest BCUT2D eigenvalue weighted by Gasteiger charge is 2.60. The SMILES string of the molecule is COC1COCCC1NC1CC2CN(C(=O)N3CCOCC3)CC2(C(=O)N2CCc3ncc(C(F)(F)F)cc3C2)C1. The van der Waals surface area contributed by atoms with Gasteiger partial charge in [-0.15, -0.1) is 0 Å². The summed E-state index contributed by atoms with van der Waals surface area (Å²) >= 11 is 0. The second-order valence-electron chi connectivity index (χ2n) is 12.0. The van der Waals surface area contributed by atoms with Crippen LogP contribution in [0.15, 0.2) is 12.3 Å². The third-order valence-corrected chi connectivity index (χ3v) is 9.56. The first-order valence-corrected chi connectivity index (χ1v) is 14.5. The van der Waals surface area contributed by atoms with Crippen molar-refractivity contribution in [1.29, 1.82) is 0 Å². The summed E-state index contributed by atoms with van der Waals surface area (Å²) in [4.78, 5) is 37.2. The van der Waals surface area contributed by atoms with E-state index < -0.39 is 17.2 Å². The van der Waals surface area contributed by atoms with E-state index in [0.717, 1.165) is 25.1 Å². The van der Waals surface area contributed by atoms with Crippen LogP contribution in [0.4, 0.5) is 18.0 Å². The second-order valence-corrected chi connectivity index (χ2v) is 12.0. The average Bonchev–Trinajstić information content (AvgIpc) is 3.51. The Hall–Kier alpha value is -2.48. The van der Waals surface area contributed by atoms with Gasteiger partial charge in [-0.05, 0) is 36.8 Å². The zero-order valence-electron chi connectivity index (χ0n) is 23.3. The van der Waals surface area contributed by atoms with Gasteiger partial charge < -0.3 is 34.2 Å². The minimum atomic E-state index is -4.50. The molecule has 1 aromatic heterocycles. The zero-order chi connectivity index (χ0) is 28.8. The van der Waals surface area contributed by atoms with Gasteiger partial charge in [0, 0.05) is 83.4 Å². The molecule has 4 fully saturated rings. The van der Waals surface area contributed by atoms with Crippen LogP contribution in [-0.2, 0) is 38.1 Å². The van der Waals surface area contributed by atoms with Crippen molar-refractivity contribution < 1.29 is 37.0 Å². The normalized spacial score (nSPS) is 32.1. The molecule has 0 radical (unpaired) electrons. The number of amides is 3. The van der Waals surface area contributed by atoms with E-state index >= 15 is 0 Å². The predicted octanol–water partition coefficient (Wildman–Crippen LogP) is 1.91. The number of rotatable bonds is 4. The molecule has 5 aliphatic rings. The van der Waals surface area contributed by atoms with Crippen LogP contribution in [0.5, 0.6) is 0 Å². The Bertz CT molecular complexity index is 1150. The number of morpholine rings is 1. The van der Waals surface area contributed by atoms with Crippen molar-refractivity contribution in [1.82, 2.24) is 25.0 Å². The van der Waals surface area contributed by atoms with Crippen LogP contribution < -0.4 is 5.32 Å². The van der Waals surface area contributed by atoms with Crippen molar-refractivity contribution in [3.05, 3.63) is 29.1 Å². The van der Waals surface area contributed by atoms with Crippen molar-refractivity contribution in [3.8, 4) is 0 Å². The van der Waals surface area contributed by atoms with Crippen LogP contribution in [0.1, 0.15) is 36.1 Å². The number of carbonyl (C=O) groups is 2. The van der Waals surface area contributed by atoms with Crippen LogP contribution in [0.2, 0.25) is 0 Å². The second kappa shape index (κ2) is 11.3. The Morgan fingerprint density at radius 1 is 1.12 bits per heavy atom. The molecule has 1 N–H and O–H groups in total. The Balaban J connectivity index is 1.23. The largest absolute Gasteiger partial charge is 0.417 e. The summed E-state index contributed by atoms with van der Waals surface area (Å²) in [6.07, 6.45) is -1.22. The van der Waals surface area contributed by atoms with Crippen molar-refractivity contribution in [2.24, 2.45) is 11.3 Å². The Morgan fingerprint density at radius 2 is 1.93 bits per heavy atom. The third-order valence-electron chi connectivity index (χ3n) is 9.56.